The summed E-state index contributed by atoms with van der Waals surface area (Å²) in [5.74, 6) is -1.70. The highest BCUT2D eigenvalue weighted by Gasteiger charge is 2.04. The molecule has 4 heteroatoms. The molecule has 14 heavy (non-hydrogen) atoms. The Bertz CT molecular complexity index is 415. The highest BCUT2D eigenvalue weighted by atomic mass is 19.1. The minimum atomic E-state index is -1.29. The van der Waals surface area contributed by atoms with Crippen molar-refractivity contribution in [2.75, 3.05) is 0 Å². The summed E-state index contributed by atoms with van der Waals surface area (Å²) >= 11 is 0. The van der Waals surface area contributed by atoms with Crippen molar-refractivity contribution in [3.63, 3.8) is 0 Å². The number of nitrogens with zero attached hydrogens (tertiary/aromatic N) is 1. The molecule has 0 spiro atoms. The molecule has 0 fully saturated rings. The van der Waals surface area contributed by atoms with Gasteiger partial charge in [-0.25, -0.2) is 9.18 Å². The second-order valence-corrected chi connectivity index (χ2v) is 2.53. The standard InChI is InChI=1S/C10H6FNO2/c11-9-3-1-7(2-4-9)5-8(6-12)10(13)14/h1-5H,(H,13,14). The van der Waals surface area contributed by atoms with Crippen molar-refractivity contribution >= 4 is 12.0 Å². The van der Waals surface area contributed by atoms with Gasteiger partial charge in [-0.15, -0.1) is 0 Å². The van der Waals surface area contributed by atoms with E-state index in [0.717, 1.165) is 0 Å². The Morgan fingerprint density at radius 2 is 2.00 bits per heavy atom. The average Bonchev–Trinajstić information content (AvgIpc) is 2.16. The third-order valence-corrected chi connectivity index (χ3v) is 1.53. The lowest BCUT2D eigenvalue weighted by molar-refractivity contribution is -0.132. The first-order chi connectivity index (χ1) is 6.63. The summed E-state index contributed by atoms with van der Waals surface area (Å²) in [5, 5.41) is 17.0. The van der Waals surface area contributed by atoms with Crippen LogP contribution in [0.5, 0.6) is 0 Å². The van der Waals surface area contributed by atoms with E-state index in [4.69, 9.17) is 10.4 Å². The number of carboxylic acids is 1. The minimum absolute atomic E-state index is 0.378. The maximum absolute atomic E-state index is 12.5. The van der Waals surface area contributed by atoms with Gasteiger partial charge in [0, 0.05) is 0 Å². The molecule has 0 saturated heterocycles. The lowest BCUT2D eigenvalue weighted by atomic mass is 10.1. The molecular weight excluding hydrogens is 185 g/mol. The maximum atomic E-state index is 12.5. The van der Waals surface area contributed by atoms with Crippen molar-refractivity contribution in [3.05, 3.63) is 41.2 Å². The van der Waals surface area contributed by atoms with Gasteiger partial charge in [-0.3, -0.25) is 0 Å². The van der Waals surface area contributed by atoms with Crippen LogP contribution in [0.2, 0.25) is 0 Å². The van der Waals surface area contributed by atoms with Gasteiger partial charge in [-0.1, -0.05) is 12.1 Å². The normalized spacial score (nSPS) is 10.7. The zero-order valence-corrected chi connectivity index (χ0v) is 7.07. The van der Waals surface area contributed by atoms with Gasteiger partial charge in [0.15, 0.2) is 0 Å². The second kappa shape index (κ2) is 4.19. The van der Waals surface area contributed by atoms with Crippen molar-refractivity contribution in [1.82, 2.24) is 0 Å². The number of carboxylic acid groups (broad SMARTS) is 1. The highest BCUT2D eigenvalue weighted by Crippen LogP contribution is 2.07. The minimum Gasteiger partial charge on any atom is -0.477 e. The van der Waals surface area contributed by atoms with Crippen LogP contribution in [0.25, 0.3) is 6.08 Å². The zero-order valence-electron chi connectivity index (χ0n) is 7.07. The van der Waals surface area contributed by atoms with E-state index >= 15 is 0 Å². The molecule has 0 amide bonds. The van der Waals surface area contributed by atoms with E-state index in [9.17, 15) is 9.18 Å². The Balaban J connectivity index is 3.03. The third-order valence-electron chi connectivity index (χ3n) is 1.53. The molecule has 1 aromatic rings. The van der Waals surface area contributed by atoms with E-state index in [1.165, 1.54) is 36.4 Å². The van der Waals surface area contributed by atoms with Crippen LogP contribution in [0, 0.1) is 17.1 Å². The zero-order chi connectivity index (χ0) is 10.6. The van der Waals surface area contributed by atoms with E-state index in [-0.39, 0.29) is 5.57 Å². The topological polar surface area (TPSA) is 61.1 Å². The Hall–Kier alpha value is -2.15. The number of carbonyl (C=O) groups is 1. The molecule has 0 heterocycles. The summed E-state index contributed by atoms with van der Waals surface area (Å²) < 4.78 is 12.5. The first-order valence-electron chi connectivity index (χ1n) is 3.74. The number of halogens is 1. The molecule has 70 valence electrons. The van der Waals surface area contributed by atoms with Gasteiger partial charge in [0.1, 0.15) is 17.5 Å². The number of hydrogen-bond donors (Lipinski definition) is 1. The molecular formula is C10H6FNO2. The van der Waals surface area contributed by atoms with Gasteiger partial charge in [-0.05, 0) is 23.8 Å². The number of nitriles is 1. The van der Waals surface area contributed by atoms with Gasteiger partial charge in [0.25, 0.3) is 0 Å². The number of hydrogen-bond acceptors (Lipinski definition) is 2. The molecule has 0 aliphatic carbocycles. The van der Waals surface area contributed by atoms with Gasteiger partial charge < -0.3 is 5.11 Å². The summed E-state index contributed by atoms with van der Waals surface area (Å²) in [6.45, 7) is 0. The summed E-state index contributed by atoms with van der Waals surface area (Å²) in [7, 11) is 0. The molecule has 1 N–H and O–H groups in total. The molecule has 0 aromatic heterocycles. The Morgan fingerprint density at radius 3 is 2.43 bits per heavy atom. The third kappa shape index (κ3) is 2.42. The van der Waals surface area contributed by atoms with Crippen LogP contribution in [-0.2, 0) is 4.79 Å². The van der Waals surface area contributed by atoms with Gasteiger partial charge >= 0.3 is 5.97 Å². The summed E-state index contributed by atoms with van der Waals surface area (Å²) in [6.07, 6.45) is 1.18. The summed E-state index contributed by atoms with van der Waals surface area (Å²) in [4.78, 5) is 10.4. The van der Waals surface area contributed by atoms with Crippen LogP contribution in [0.3, 0.4) is 0 Å². The van der Waals surface area contributed by atoms with Crippen LogP contribution in [0.4, 0.5) is 4.39 Å². The van der Waals surface area contributed by atoms with Crippen LogP contribution in [-0.4, -0.2) is 11.1 Å². The van der Waals surface area contributed by atoms with Gasteiger partial charge in [-0.2, -0.15) is 5.26 Å². The van der Waals surface area contributed by atoms with E-state index in [1.807, 2.05) is 0 Å². The molecule has 0 unspecified atom stereocenters. The molecule has 1 rings (SSSR count). The Morgan fingerprint density at radius 1 is 1.43 bits per heavy atom. The van der Waals surface area contributed by atoms with Crippen molar-refractivity contribution in [1.29, 1.82) is 5.26 Å². The lowest BCUT2D eigenvalue weighted by Gasteiger charge is -1.93. The van der Waals surface area contributed by atoms with Crippen molar-refractivity contribution in [2.45, 2.75) is 0 Å². The number of aliphatic carboxylic acids is 1. The SMILES string of the molecule is N#CC(=Cc1ccc(F)cc1)C(=O)O. The quantitative estimate of drug-likeness (QED) is 0.572. The Kier molecular flexibility index (Phi) is 2.97. The van der Waals surface area contributed by atoms with Crippen LogP contribution >= 0.6 is 0 Å². The Labute approximate surface area is 79.7 Å². The number of rotatable bonds is 2. The fourth-order valence-corrected chi connectivity index (χ4v) is 0.868. The number of benzene rings is 1. The molecule has 1 aromatic carbocycles. The van der Waals surface area contributed by atoms with Crippen molar-refractivity contribution in [3.8, 4) is 6.07 Å². The van der Waals surface area contributed by atoms with E-state index in [1.54, 1.807) is 0 Å². The molecule has 0 radical (unpaired) electrons. The molecule has 0 aliphatic rings. The molecule has 0 atom stereocenters. The molecule has 0 aliphatic heterocycles. The van der Waals surface area contributed by atoms with Gasteiger partial charge in [0.05, 0.1) is 0 Å². The maximum Gasteiger partial charge on any atom is 0.346 e. The summed E-state index contributed by atoms with van der Waals surface area (Å²) in [5.41, 5.74) is 0.0990. The monoisotopic (exact) mass is 191 g/mol. The van der Waals surface area contributed by atoms with Crippen molar-refractivity contribution in [2.24, 2.45) is 0 Å². The van der Waals surface area contributed by atoms with Gasteiger partial charge in [0.2, 0.25) is 0 Å². The molecule has 3 nitrogen and oxygen atoms in total. The van der Waals surface area contributed by atoms with Crippen LogP contribution < -0.4 is 0 Å². The fraction of sp³-hybridized carbons (Fsp3) is 0. The first kappa shape index (κ1) is 9.93. The highest BCUT2D eigenvalue weighted by molar-refractivity contribution is 5.96. The predicted molar refractivity (Wildman–Crippen MR) is 47.6 cm³/mol. The largest absolute Gasteiger partial charge is 0.477 e. The van der Waals surface area contributed by atoms with E-state index in [0.29, 0.717) is 5.56 Å². The van der Waals surface area contributed by atoms with Crippen LogP contribution in [0.15, 0.2) is 29.8 Å². The molecule has 0 saturated carbocycles. The molecule has 0 bridgehead atoms. The van der Waals surface area contributed by atoms with Crippen LogP contribution in [0.1, 0.15) is 5.56 Å². The summed E-state index contributed by atoms with van der Waals surface area (Å²) in [6, 6.07) is 6.72. The van der Waals surface area contributed by atoms with Crippen molar-refractivity contribution < 1.29 is 14.3 Å². The average molecular weight is 191 g/mol. The lowest BCUT2D eigenvalue weighted by Crippen LogP contribution is -1.97. The van der Waals surface area contributed by atoms with E-state index < -0.39 is 11.8 Å². The smallest absolute Gasteiger partial charge is 0.346 e. The second-order valence-electron chi connectivity index (χ2n) is 2.53. The predicted octanol–water partition coefficient (Wildman–Crippen LogP) is 1.82. The first-order valence-corrected chi connectivity index (χ1v) is 3.74. The van der Waals surface area contributed by atoms with E-state index in [2.05, 4.69) is 0 Å². The fourth-order valence-electron chi connectivity index (χ4n) is 0.868.